The number of carbonyl (C=O) groups is 2. The smallest absolute Gasteiger partial charge is 0.322 e. The molecule has 0 bridgehead atoms. The lowest BCUT2D eigenvalue weighted by molar-refractivity contribution is -0.142. The summed E-state index contributed by atoms with van der Waals surface area (Å²) in [6.07, 6.45) is 0.356. The Balaban J connectivity index is 2.06. The van der Waals surface area contributed by atoms with Gasteiger partial charge in [0, 0.05) is 23.6 Å². The van der Waals surface area contributed by atoms with E-state index in [9.17, 15) is 9.59 Å². The summed E-state index contributed by atoms with van der Waals surface area (Å²) in [5, 5.41) is 4.73. The van der Waals surface area contributed by atoms with Gasteiger partial charge in [-0.25, -0.2) is 0 Å². The van der Waals surface area contributed by atoms with E-state index in [0.717, 1.165) is 10.8 Å². The third kappa shape index (κ3) is 4.20. The number of ether oxygens (including phenoxy) is 2. The summed E-state index contributed by atoms with van der Waals surface area (Å²) in [6, 6.07) is 10.6. The van der Waals surface area contributed by atoms with Crippen molar-refractivity contribution in [3.05, 3.63) is 36.4 Å². The molecule has 0 aliphatic rings. The van der Waals surface area contributed by atoms with E-state index in [1.165, 1.54) is 7.11 Å². The molecule has 122 valence electrons. The van der Waals surface area contributed by atoms with E-state index in [4.69, 9.17) is 10.5 Å². The van der Waals surface area contributed by atoms with Gasteiger partial charge in [0.05, 0.1) is 14.2 Å². The first-order valence-electron chi connectivity index (χ1n) is 7.25. The maximum atomic E-state index is 12.0. The minimum Gasteiger partial charge on any atom is -0.496 e. The third-order valence-electron chi connectivity index (χ3n) is 3.51. The Morgan fingerprint density at radius 3 is 2.65 bits per heavy atom. The predicted octanol–water partition coefficient (Wildman–Crippen LogP) is 2.07. The van der Waals surface area contributed by atoms with Gasteiger partial charge in [0.15, 0.2) is 0 Å². The molecule has 6 nitrogen and oxygen atoms in total. The number of hydrogen-bond acceptors (Lipinski definition) is 5. The van der Waals surface area contributed by atoms with E-state index < -0.39 is 12.0 Å². The number of nitrogens with two attached hydrogens (primary N) is 1. The lowest BCUT2D eigenvalue weighted by atomic mass is 10.1. The predicted molar refractivity (Wildman–Crippen MR) is 88.4 cm³/mol. The SMILES string of the molecule is COC(=O)C(N)CCC(=O)Nc1cc(OC)c2ccccc2c1. The van der Waals surface area contributed by atoms with E-state index >= 15 is 0 Å². The Labute approximate surface area is 134 Å². The maximum absolute atomic E-state index is 12.0. The summed E-state index contributed by atoms with van der Waals surface area (Å²) < 4.78 is 9.89. The fourth-order valence-electron chi connectivity index (χ4n) is 2.30. The van der Waals surface area contributed by atoms with Crippen LogP contribution in [0.2, 0.25) is 0 Å². The van der Waals surface area contributed by atoms with Gasteiger partial charge in [-0.05, 0) is 17.9 Å². The number of nitrogens with one attached hydrogen (secondary N) is 1. The molecule has 1 atom stereocenters. The van der Waals surface area contributed by atoms with Gasteiger partial charge >= 0.3 is 5.97 Å². The number of anilines is 1. The van der Waals surface area contributed by atoms with E-state index in [1.54, 1.807) is 13.2 Å². The summed E-state index contributed by atoms with van der Waals surface area (Å²) >= 11 is 0. The highest BCUT2D eigenvalue weighted by Gasteiger charge is 2.15. The summed E-state index contributed by atoms with van der Waals surface area (Å²) in [4.78, 5) is 23.2. The lowest BCUT2D eigenvalue weighted by Gasteiger charge is -2.12. The highest BCUT2D eigenvalue weighted by atomic mass is 16.5. The molecule has 0 heterocycles. The van der Waals surface area contributed by atoms with E-state index in [0.29, 0.717) is 11.4 Å². The quantitative estimate of drug-likeness (QED) is 0.796. The zero-order valence-corrected chi connectivity index (χ0v) is 13.2. The number of esters is 1. The molecule has 23 heavy (non-hydrogen) atoms. The third-order valence-corrected chi connectivity index (χ3v) is 3.51. The molecule has 0 spiro atoms. The number of carbonyl (C=O) groups excluding carboxylic acids is 2. The molecule has 0 aromatic heterocycles. The molecule has 2 aromatic carbocycles. The molecule has 0 aliphatic carbocycles. The van der Waals surface area contributed by atoms with Gasteiger partial charge in [-0.3, -0.25) is 9.59 Å². The van der Waals surface area contributed by atoms with Crippen LogP contribution in [0.3, 0.4) is 0 Å². The number of hydrogen-bond donors (Lipinski definition) is 2. The van der Waals surface area contributed by atoms with Gasteiger partial charge in [0.2, 0.25) is 5.91 Å². The van der Waals surface area contributed by atoms with Crippen molar-refractivity contribution in [2.75, 3.05) is 19.5 Å². The second-order valence-corrected chi connectivity index (χ2v) is 5.12. The monoisotopic (exact) mass is 316 g/mol. The molecular formula is C17H20N2O4. The largest absolute Gasteiger partial charge is 0.496 e. The van der Waals surface area contributed by atoms with Crippen molar-refractivity contribution in [1.82, 2.24) is 0 Å². The van der Waals surface area contributed by atoms with Crippen LogP contribution in [0.5, 0.6) is 5.75 Å². The van der Waals surface area contributed by atoms with E-state index in [2.05, 4.69) is 10.1 Å². The van der Waals surface area contributed by atoms with Crippen molar-refractivity contribution in [2.45, 2.75) is 18.9 Å². The standard InChI is InChI=1S/C17H20N2O4/c1-22-15-10-12(9-11-5-3-4-6-13(11)15)19-16(20)8-7-14(18)17(21)23-2/h3-6,9-10,14H,7-8,18H2,1-2H3,(H,19,20). The Morgan fingerprint density at radius 2 is 1.96 bits per heavy atom. The molecule has 3 N–H and O–H groups in total. The van der Waals surface area contributed by atoms with Crippen LogP contribution >= 0.6 is 0 Å². The summed E-state index contributed by atoms with van der Waals surface area (Å²) in [6.45, 7) is 0. The van der Waals surface area contributed by atoms with Crippen molar-refractivity contribution in [3.63, 3.8) is 0 Å². The lowest BCUT2D eigenvalue weighted by Crippen LogP contribution is -2.32. The van der Waals surface area contributed by atoms with Crippen molar-refractivity contribution >= 4 is 28.3 Å². The van der Waals surface area contributed by atoms with E-state index in [-0.39, 0.29) is 18.7 Å². The molecular weight excluding hydrogens is 296 g/mol. The minimum atomic E-state index is -0.795. The Morgan fingerprint density at radius 1 is 1.22 bits per heavy atom. The van der Waals surface area contributed by atoms with Crippen molar-refractivity contribution in [1.29, 1.82) is 0 Å². The van der Waals surface area contributed by atoms with Gasteiger partial charge in [-0.2, -0.15) is 0 Å². The molecule has 0 fully saturated rings. The first kappa shape index (κ1) is 16.8. The number of fused-ring (bicyclic) bond motifs is 1. The number of methoxy groups -OCH3 is 2. The first-order chi connectivity index (χ1) is 11.0. The fraction of sp³-hybridized carbons (Fsp3) is 0.294. The van der Waals surface area contributed by atoms with Crippen molar-refractivity contribution < 1.29 is 19.1 Å². The highest BCUT2D eigenvalue weighted by molar-refractivity contribution is 5.97. The summed E-state index contributed by atoms with van der Waals surface area (Å²) in [5.41, 5.74) is 6.25. The van der Waals surface area contributed by atoms with Crippen LogP contribution in [0, 0.1) is 0 Å². The minimum absolute atomic E-state index is 0.130. The van der Waals surface area contributed by atoms with Gasteiger partial charge in [0.1, 0.15) is 11.8 Å². The number of rotatable bonds is 6. The number of benzene rings is 2. The molecule has 0 aliphatic heterocycles. The van der Waals surface area contributed by atoms with Crippen LogP contribution in [-0.4, -0.2) is 32.1 Å². The Bertz CT molecular complexity index is 715. The molecule has 2 aromatic rings. The molecule has 0 saturated heterocycles. The molecule has 1 unspecified atom stereocenters. The average Bonchev–Trinajstić information content (AvgIpc) is 2.58. The highest BCUT2D eigenvalue weighted by Crippen LogP contribution is 2.29. The van der Waals surface area contributed by atoms with Crippen LogP contribution < -0.4 is 15.8 Å². The Hall–Kier alpha value is -2.60. The second kappa shape index (κ2) is 7.60. The van der Waals surface area contributed by atoms with Crippen LogP contribution in [-0.2, 0) is 14.3 Å². The second-order valence-electron chi connectivity index (χ2n) is 5.12. The molecule has 0 radical (unpaired) electrons. The summed E-state index contributed by atoms with van der Waals surface area (Å²) in [7, 11) is 2.85. The van der Waals surface area contributed by atoms with Crippen LogP contribution in [0.25, 0.3) is 10.8 Å². The van der Waals surface area contributed by atoms with E-state index in [1.807, 2.05) is 30.3 Å². The Kier molecular flexibility index (Phi) is 5.54. The van der Waals surface area contributed by atoms with Crippen molar-refractivity contribution in [3.8, 4) is 5.75 Å². The molecule has 1 amide bonds. The topological polar surface area (TPSA) is 90.7 Å². The van der Waals surface area contributed by atoms with Crippen molar-refractivity contribution in [2.24, 2.45) is 5.73 Å². The average molecular weight is 316 g/mol. The molecule has 0 saturated carbocycles. The summed E-state index contributed by atoms with van der Waals surface area (Å²) in [5.74, 6) is -0.0588. The van der Waals surface area contributed by atoms with Gasteiger partial charge in [-0.1, -0.05) is 24.3 Å². The van der Waals surface area contributed by atoms with Crippen LogP contribution in [0.1, 0.15) is 12.8 Å². The number of amides is 1. The zero-order chi connectivity index (χ0) is 16.8. The van der Waals surface area contributed by atoms with Gasteiger partial charge in [0.25, 0.3) is 0 Å². The fourth-order valence-corrected chi connectivity index (χ4v) is 2.30. The zero-order valence-electron chi connectivity index (χ0n) is 13.2. The maximum Gasteiger partial charge on any atom is 0.322 e. The normalized spacial score (nSPS) is 11.8. The van der Waals surface area contributed by atoms with Crippen LogP contribution in [0.15, 0.2) is 36.4 Å². The molecule has 6 heteroatoms. The first-order valence-corrected chi connectivity index (χ1v) is 7.25. The molecule has 2 rings (SSSR count). The van der Waals surface area contributed by atoms with Crippen LogP contribution in [0.4, 0.5) is 5.69 Å². The van der Waals surface area contributed by atoms with Gasteiger partial charge in [-0.15, -0.1) is 0 Å². The van der Waals surface area contributed by atoms with Gasteiger partial charge < -0.3 is 20.5 Å².